The minimum atomic E-state index is -3.95. The molecule has 0 radical (unpaired) electrons. The van der Waals surface area contributed by atoms with E-state index >= 15 is 0 Å². The second-order valence-electron chi connectivity index (χ2n) is 4.25. The average molecular weight is 298 g/mol. The molecule has 0 aromatic heterocycles. The van der Waals surface area contributed by atoms with Crippen molar-refractivity contribution in [3.05, 3.63) is 35.4 Å². The lowest BCUT2D eigenvalue weighted by Crippen LogP contribution is -2.47. The fraction of sp³-hybridized carbons (Fsp3) is 0.333. The zero-order chi connectivity index (χ0) is 15.3. The number of rotatable bonds is 6. The Hall–Kier alpha value is -1.95. The van der Waals surface area contributed by atoms with Gasteiger partial charge in [0, 0.05) is 0 Å². The molecule has 3 N–H and O–H groups in total. The molecule has 108 valence electrons. The lowest BCUT2D eigenvalue weighted by Gasteiger charge is -2.17. The number of carboxylic acids is 1. The van der Waals surface area contributed by atoms with E-state index in [2.05, 4.69) is 0 Å². The van der Waals surface area contributed by atoms with Gasteiger partial charge in [0.2, 0.25) is 10.0 Å². The third-order valence-electron chi connectivity index (χ3n) is 2.47. The maximum absolute atomic E-state index is 11.9. The Morgan fingerprint density at radius 2 is 2.15 bits per heavy atom. The van der Waals surface area contributed by atoms with Crippen LogP contribution in [0.15, 0.2) is 24.3 Å². The fourth-order valence-electron chi connectivity index (χ4n) is 1.54. The number of nitrogens with one attached hydrogen (secondary N) is 1. The van der Waals surface area contributed by atoms with Crippen LogP contribution >= 0.6 is 0 Å². The van der Waals surface area contributed by atoms with Gasteiger partial charge in [-0.15, -0.1) is 0 Å². The highest BCUT2D eigenvalue weighted by atomic mass is 32.2. The van der Waals surface area contributed by atoms with Crippen molar-refractivity contribution in [2.24, 2.45) is 0 Å². The smallest absolute Gasteiger partial charge is 0.324 e. The van der Waals surface area contributed by atoms with E-state index in [9.17, 15) is 18.3 Å². The summed E-state index contributed by atoms with van der Waals surface area (Å²) >= 11 is 0. The number of carbonyl (C=O) groups is 1. The largest absolute Gasteiger partial charge is 0.480 e. The Labute approximate surface area is 116 Å². The molecule has 0 bridgehead atoms. The van der Waals surface area contributed by atoms with Crippen LogP contribution in [0.3, 0.4) is 0 Å². The van der Waals surface area contributed by atoms with Crippen molar-refractivity contribution in [2.75, 3.05) is 0 Å². The van der Waals surface area contributed by atoms with E-state index in [-0.39, 0.29) is 0 Å². The van der Waals surface area contributed by atoms with Crippen molar-refractivity contribution in [3.63, 3.8) is 0 Å². The highest BCUT2D eigenvalue weighted by molar-refractivity contribution is 7.88. The summed E-state index contributed by atoms with van der Waals surface area (Å²) in [7, 11) is -3.95. The van der Waals surface area contributed by atoms with E-state index in [4.69, 9.17) is 10.4 Å². The topological polar surface area (TPSA) is 127 Å². The number of carboxylic acid groups (broad SMARTS) is 1. The van der Waals surface area contributed by atoms with Crippen LogP contribution in [0.1, 0.15) is 18.1 Å². The van der Waals surface area contributed by atoms with Crippen LogP contribution < -0.4 is 4.72 Å². The summed E-state index contributed by atoms with van der Waals surface area (Å²) in [4.78, 5) is 10.8. The number of nitrogens with zero attached hydrogens (tertiary/aromatic N) is 1. The van der Waals surface area contributed by atoms with E-state index in [1.165, 1.54) is 31.2 Å². The van der Waals surface area contributed by atoms with E-state index in [0.29, 0.717) is 11.1 Å². The molecule has 1 aromatic rings. The molecule has 0 saturated carbocycles. The van der Waals surface area contributed by atoms with Crippen LogP contribution in [0.25, 0.3) is 0 Å². The monoisotopic (exact) mass is 298 g/mol. The van der Waals surface area contributed by atoms with Crippen LogP contribution in [0.5, 0.6) is 0 Å². The quantitative estimate of drug-likeness (QED) is 0.668. The van der Waals surface area contributed by atoms with Gasteiger partial charge in [-0.25, -0.2) is 8.42 Å². The summed E-state index contributed by atoms with van der Waals surface area (Å²) in [6.07, 6.45) is -1.37. The standard InChI is InChI=1S/C12H14N2O5S/c1-8(15)11(12(16)17)14-20(18,19)7-10-4-2-3-9(5-10)6-13/h2-5,8,11,14-15H,7H2,1H3,(H,16,17)/t8-,11+/m1/s1. The summed E-state index contributed by atoms with van der Waals surface area (Å²) in [5.74, 6) is -1.94. The molecule has 1 rings (SSSR count). The molecule has 20 heavy (non-hydrogen) atoms. The second-order valence-corrected chi connectivity index (χ2v) is 6.00. The molecule has 0 aliphatic rings. The first-order chi connectivity index (χ1) is 9.25. The molecular weight excluding hydrogens is 284 g/mol. The number of aliphatic hydroxyl groups is 1. The minimum Gasteiger partial charge on any atom is -0.480 e. The molecule has 1 aromatic carbocycles. The lowest BCUT2D eigenvalue weighted by molar-refractivity contribution is -0.141. The zero-order valence-corrected chi connectivity index (χ0v) is 11.5. The minimum absolute atomic E-state index is 0.308. The molecule has 0 amide bonds. The molecule has 0 saturated heterocycles. The Balaban J connectivity index is 2.89. The van der Waals surface area contributed by atoms with Crippen molar-refractivity contribution in [1.82, 2.24) is 4.72 Å². The number of nitriles is 1. The number of sulfonamides is 1. The molecular formula is C12H14N2O5S. The normalized spacial score (nSPS) is 14.2. The molecule has 7 nitrogen and oxygen atoms in total. The van der Waals surface area contributed by atoms with Gasteiger partial charge in [-0.3, -0.25) is 4.79 Å². The highest BCUT2D eigenvalue weighted by Gasteiger charge is 2.28. The fourth-order valence-corrected chi connectivity index (χ4v) is 2.93. The van der Waals surface area contributed by atoms with E-state index < -0.39 is 33.9 Å². The van der Waals surface area contributed by atoms with E-state index in [1.54, 1.807) is 0 Å². The average Bonchev–Trinajstić information content (AvgIpc) is 2.35. The van der Waals surface area contributed by atoms with Gasteiger partial charge < -0.3 is 10.2 Å². The summed E-state index contributed by atoms with van der Waals surface area (Å²) in [6, 6.07) is 6.24. The van der Waals surface area contributed by atoms with Gasteiger partial charge in [0.1, 0.15) is 6.04 Å². The summed E-state index contributed by atoms with van der Waals surface area (Å²) < 4.78 is 25.6. The van der Waals surface area contributed by atoms with Gasteiger partial charge in [-0.1, -0.05) is 12.1 Å². The van der Waals surface area contributed by atoms with Gasteiger partial charge in [0.15, 0.2) is 0 Å². The van der Waals surface area contributed by atoms with Crippen molar-refractivity contribution in [1.29, 1.82) is 5.26 Å². The van der Waals surface area contributed by atoms with Crippen molar-refractivity contribution in [3.8, 4) is 6.07 Å². The van der Waals surface area contributed by atoms with Crippen LogP contribution in [-0.2, 0) is 20.6 Å². The summed E-state index contributed by atoms with van der Waals surface area (Å²) in [6.45, 7) is 1.18. The van der Waals surface area contributed by atoms with Crippen LogP contribution in [0.4, 0.5) is 0 Å². The maximum atomic E-state index is 11.9. The molecule has 0 heterocycles. The van der Waals surface area contributed by atoms with Crippen LogP contribution in [0.2, 0.25) is 0 Å². The van der Waals surface area contributed by atoms with Crippen molar-refractivity contribution >= 4 is 16.0 Å². The van der Waals surface area contributed by atoms with Gasteiger partial charge in [-0.05, 0) is 24.6 Å². The predicted molar refractivity (Wildman–Crippen MR) is 70.0 cm³/mol. The number of hydrogen-bond acceptors (Lipinski definition) is 5. The molecule has 0 spiro atoms. The van der Waals surface area contributed by atoms with Gasteiger partial charge in [0.05, 0.1) is 23.5 Å². The van der Waals surface area contributed by atoms with Crippen LogP contribution in [0, 0.1) is 11.3 Å². The Bertz CT molecular complexity index is 633. The Kier molecular flexibility index (Phi) is 5.21. The van der Waals surface area contributed by atoms with E-state index in [0.717, 1.165) is 0 Å². The number of benzene rings is 1. The molecule has 0 aliphatic heterocycles. The van der Waals surface area contributed by atoms with Crippen LogP contribution in [-0.4, -0.2) is 36.7 Å². The Morgan fingerprint density at radius 3 is 2.65 bits per heavy atom. The lowest BCUT2D eigenvalue weighted by atomic mass is 10.2. The first kappa shape index (κ1) is 16.1. The van der Waals surface area contributed by atoms with Gasteiger partial charge >= 0.3 is 5.97 Å². The van der Waals surface area contributed by atoms with Crippen molar-refractivity contribution in [2.45, 2.75) is 24.8 Å². The second kappa shape index (κ2) is 6.47. The van der Waals surface area contributed by atoms with Gasteiger partial charge in [0.25, 0.3) is 0 Å². The molecule has 0 unspecified atom stereocenters. The summed E-state index contributed by atoms with van der Waals surface area (Å²) in [5.41, 5.74) is 0.661. The third kappa shape index (κ3) is 4.62. The first-order valence-electron chi connectivity index (χ1n) is 5.65. The molecule has 8 heteroatoms. The third-order valence-corrected chi connectivity index (χ3v) is 3.79. The zero-order valence-electron chi connectivity index (χ0n) is 10.6. The SMILES string of the molecule is C[C@@H](O)[C@H](NS(=O)(=O)Cc1cccc(C#N)c1)C(=O)O. The number of aliphatic hydroxyl groups excluding tert-OH is 1. The predicted octanol–water partition coefficient (Wildman–Crippen LogP) is -0.188. The first-order valence-corrected chi connectivity index (χ1v) is 7.30. The highest BCUT2D eigenvalue weighted by Crippen LogP contribution is 2.09. The maximum Gasteiger partial charge on any atom is 0.324 e. The molecule has 2 atom stereocenters. The molecule has 0 fully saturated rings. The van der Waals surface area contributed by atoms with E-state index in [1.807, 2.05) is 10.8 Å². The summed E-state index contributed by atoms with van der Waals surface area (Å²) in [5, 5.41) is 26.8. The Morgan fingerprint density at radius 1 is 1.50 bits per heavy atom. The number of aliphatic carboxylic acids is 1. The number of hydrogen-bond donors (Lipinski definition) is 3. The van der Waals surface area contributed by atoms with Gasteiger partial charge in [-0.2, -0.15) is 9.98 Å². The molecule has 0 aliphatic carbocycles. The van der Waals surface area contributed by atoms with Crippen molar-refractivity contribution < 1.29 is 23.4 Å².